The second-order valence-electron chi connectivity index (χ2n) is 5.79. The number of hydrogen-bond donors (Lipinski definition) is 1. The molecule has 0 unspecified atom stereocenters. The predicted molar refractivity (Wildman–Crippen MR) is 77.4 cm³/mol. The van der Waals surface area contributed by atoms with E-state index >= 15 is 0 Å². The van der Waals surface area contributed by atoms with Gasteiger partial charge in [0.15, 0.2) is 0 Å². The molecule has 0 bridgehead atoms. The van der Waals surface area contributed by atoms with Crippen LogP contribution in [0.15, 0.2) is 18.2 Å². The van der Waals surface area contributed by atoms with Crippen molar-refractivity contribution in [1.82, 2.24) is 5.32 Å². The molecule has 1 saturated carbocycles. The van der Waals surface area contributed by atoms with Crippen molar-refractivity contribution in [3.63, 3.8) is 0 Å². The highest BCUT2D eigenvalue weighted by Crippen LogP contribution is 2.35. The molecule has 0 atom stereocenters. The van der Waals surface area contributed by atoms with E-state index in [2.05, 4.69) is 10.2 Å². The largest absolute Gasteiger partial charge is 0.368 e. The topological polar surface area (TPSA) is 15.3 Å². The van der Waals surface area contributed by atoms with Crippen LogP contribution >= 0.6 is 11.6 Å². The zero-order valence-corrected chi connectivity index (χ0v) is 11.8. The molecule has 1 spiro atoms. The maximum atomic E-state index is 13.2. The summed E-state index contributed by atoms with van der Waals surface area (Å²) in [6, 6.07) is 4.73. The smallest absolute Gasteiger partial charge is 0.124 e. The van der Waals surface area contributed by atoms with Gasteiger partial charge in [0, 0.05) is 18.6 Å². The maximum Gasteiger partial charge on any atom is 0.124 e. The molecule has 2 nitrogen and oxygen atoms in total. The minimum Gasteiger partial charge on any atom is -0.368 e. The Morgan fingerprint density at radius 3 is 2.74 bits per heavy atom. The van der Waals surface area contributed by atoms with Gasteiger partial charge in [-0.2, -0.15) is 0 Å². The van der Waals surface area contributed by atoms with Gasteiger partial charge in [-0.15, -0.1) is 0 Å². The van der Waals surface area contributed by atoms with Crippen LogP contribution in [0.2, 0.25) is 5.02 Å². The number of nitrogens with zero attached hydrogens (tertiary/aromatic N) is 1. The Morgan fingerprint density at radius 2 is 2.00 bits per heavy atom. The molecule has 1 aliphatic heterocycles. The second-order valence-corrected chi connectivity index (χ2v) is 6.19. The van der Waals surface area contributed by atoms with E-state index in [0.717, 1.165) is 31.7 Å². The van der Waals surface area contributed by atoms with Crippen molar-refractivity contribution in [1.29, 1.82) is 0 Å². The minimum absolute atomic E-state index is 0.244. The van der Waals surface area contributed by atoms with Crippen molar-refractivity contribution in [3.8, 4) is 0 Å². The van der Waals surface area contributed by atoms with Crippen LogP contribution in [0.1, 0.15) is 32.1 Å². The highest BCUT2D eigenvalue weighted by molar-refractivity contribution is 6.33. The van der Waals surface area contributed by atoms with Crippen LogP contribution in [0.25, 0.3) is 0 Å². The Labute approximate surface area is 118 Å². The molecule has 1 heterocycles. The van der Waals surface area contributed by atoms with Crippen molar-refractivity contribution in [2.45, 2.75) is 37.6 Å². The number of rotatable bonds is 1. The lowest BCUT2D eigenvalue weighted by atomic mass is 9.97. The summed E-state index contributed by atoms with van der Waals surface area (Å²) in [5.74, 6) is -0.266. The Morgan fingerprint density at radius 1 is 1.21 bits per heavy atom. The third kappa shape index (κ3) is 2.72. The van der Waals surface area contributed by atoms with E-state index in [1.807, 2.05) is 6.07 Å². The van der Waals surface area contributed by atoms with Crippen molar-refractivity contribution >= 4 is 17.3 Å². The summed E-state index contributed by atoms with van der Waals surface area (Å²) >= 11 is 6.21. The molecule has 4 heteroatoms. The van der Waals surface area contributed by atoms with Crippen molar-refractivity contribution < 1.29 is 4.39 Å². The van der Waals surface area contributed by atoms with Crippen LogP contribution in [-0.2, 0) is 0 Å². The van der Waals surface area contributed by atoms with E-state index in [1.54, 1.807) is 0 Å². The summed E-state index contributed by atoms with van der Waals surface area (Å²) < 4.78 is 13.2. The average Bonchev–Trinajstić information content (AvgIpc) is 2.71. The Bertz CT molecular complexity index is 457. The van der Waals surface area contributed by atoms with Gasteiger partial charge in [0.1, 0.15) is 5.82 Å². The number of hydrogen-bond acceptors (Lipinski definition) is 2. The normalized spacial score (nSPS) is 22.7. The summed E-state index contributed by atoms with van der Waals surface area (Å²) in [6.07, 6.45) is 6.19. The molecule has 1 aromatic rings. The Hall–Kier alpha value is -0.800. The van der Waals surface area contributed by atoms with Crippen LogP contribution in [0.3, 0.4) is 0 Å². The first kappa shape index (κ1) is 13.2. The summed E-state index contributed by atoms with van der Waals surface area (Å²) in [4.78, 5) is 2.33. The van der Waals surface area contributed by atoms with E-state index in [4.69, 9.17) is 11.6 Å². The minimum atomic E-state index is -0.266. The summed E-state index contributed by atoms with van der Waals surface area (Å²) in [7, 11) is 0. The molecule has 1 N–H and O–H groups in total. The van der Waals surface area contributed by atoms with Crippen LogP contribution in [0, 0.1) is 5.82 Å². The molecule has 1 aliphatic carbocycles. The Kier molecular flexibility index (Phi) is 3.68. The van der Waals surface area contributed by atoms with Crippen molar-refractivity contribution in [2.75, 3.05) is 24.5 Å². The molecule has 1 saturated heterocycles. The van der Waals surface area contributed by atoms with Crippen molar-refractivity contribution in [3.05, 3.63) is 29.0 Å². The third-order valence-corrected chi connectivity index (χ3v) is 4.71. The number of anilines is 1. The lowest BCUT2D eigenvalue weighted by Gasteiger charge is -2.34. The van der Waals surface area contributed by atoms with Gasteiger partial charge < -0.3 is 10.2 Å². The summed E-state index contributed by atoms with van der Waals surface area (Å²) in [5.41, 5.74) is 1.21. The SMILES string of the molecule is Fc1ccc(N2CCCNC3(CCCC3)C2)c(Cl)c1. The first-order chi connectivity index (χ1) is 9.19. The molecule has 2 fully saturated rings. The number of benzene rings is 1. The fraction of sp³-hybridized carbons (Fsp3) is 0.600. The lowest BCUT2D eigenvalue weighted by Crippen LogP contribution is -2.49. The molecular weight excluding hydrogens is 263 g/mol. The van der Waals surface area contributed by atoms with Gasteiger partial charge in [-0.25, -0.2) is 4.39 Å². The predicted octanol–water partition coefficient (Wildman–Crippen LogP) is 3.59. The standard InChI is InChI=1S/C15H20ClFN2/c16-13-10-12(17)4-5-14(13)19-9-3-8-18-15(11-19)6-1-2-7-15/h4-5,10,18H,1-3,6-9,11H2. The Balaban J connectivity index is 1.86. The van der Waals surface area contributed by atoms with E-state index in [-0.39, 0.29) is 11.4 Å². The van der Waals surface area contributed by atoms with Crippen LogP contribution in [-0.4, -0.2) is 25.2 Å². The van der Waals surface area contributed by atoms with Gasteiger partial charge in [-0.3, -0.25) is 0 Å². The summed E-state index contributed by atoms with van der Waals surface area (Å²) in [5, 5.41) is 4.25. The first-order valence-electron chi connectivity index (χ1n) is 7.14. The quantitative estimate of drug-likeness (QED) is 0.847. The first-order valence-corrected chi connectivity index (χ1v) is 7.51. The highest BCUT2D eigenvalue weighted by Gasteiger charge is 2.36. The fourth-order valence-electron chi connectivity index (χ4n) is 3.45. The van der Waals surface area contributed by atoms with Gasteiger partial charge in [-0.05, 0) is 44.0 Å². The molecule has 3 rings (SSSR count). The van der Waals surface area contributed by atoms with Gasteiger partial charge in [0.25, 0.3) is 0 Å². The molecule has 0 aromatic heterocycles. The maximum absolute atomic E-state index is 13.2. The van der Waals surface area contributed by atoms with E-state index in [1.165, 1.54) is 37.8 Å². The van der Waals surface area contributed by atoms with Crippen LogP contribution < -0.4 is 10.2 Å². The van der Waals surface area contributed by atoms with Crippen LogP contribution in [0.5, 0.6) is 0 Å². The van der Waals surface area contributed by atoms with E-state index < -0.39 is 0 Å². The monoisotopic (exact) mass is 282 g/mol. The number of nitrogens with one attached hydrogen (secondary N) is 1. The highest BCUT2D eigenvalue weighted by atomic mass is 35.5. The molecule has 2 aliphatic rings. The van der Waals surface area contributed by atoms with Gasteiger partial charge in [0.05, 0.1) is 10.7 Å². The van der Waals surface area contributed by atoms with E-state index in [0.29, 0.717) is 5.02 Å². The molecule has 19 heavy (non-hydrogen) atoms. The average molecular weight is 283 g/mol. The number of halogens is 2. The molecular formula is C15H20ClFN2. The van der Waals surface area contributed by atoms with Crippen LogP contribution in [0.4, 0.5) is 10.1 Å². The molecule has 0 radical (unpaired) electrons. The zero-order chi connectivity index (χ0) is 13.3. The molecule has 104 valence electrons. The zero-order valence-electron chi connectivity index (χ0n) is 11.1. The summed E-state index contributed by atoms with van der Waals surface area (Å²) in [6.45, 7) is 3.04. The van der Waals surface area contributed by atoms with E-state index in [9.17, 15) is 4.39 Å². The van der Waals surface area contributed by atoms with Gasteiger partial charge in [0.2, 0.25) is 0 Å². The van der Waals surface area contributed by atoms with Gasteiger partial charge in [-0.1, -0.05) is 24.4 Å². The lowest BCUT2D eigenvalue weighted by molar-refractivity contribution is 0.354. The third-order valence-electron chi connectivity index (χ3n) is 4.41. The van der Waals surface area contributed by atoms with Gasteiger partial charge >= 0.3 is 0 Å². The van der Waals surface area contributed by atoms with Crippen molar-refractivity contribution in [2.24, 2.45) is 0 Å². The fourth-order valence-corrected chi connectivity index (χ4v) is 3.74. The molecule has 0 amide bonds. The molecule has 1 aromatic carbocycles. The second kappa shape index (κ2) is 5.29.